The van der Waals surface area contributed by atoms with Gasteiger partial charge in [-0.3, -0.25) is 9.78 Å². The Morgan fingerprint density at radius 2 is 1.93 bits per heavy atom. The molecule has 5 atom stereocenters. The molecule has 5 rings (SSSR count). The fourth-order valence-electron chi connectivity index (χ4n) is 7.48. The molecular weight excluding hydrogens is 574 g/mol. The van der Waals surface area contributed by atoms with Gasteiger partial charge in [-0.05, 0) is 72.9 Å². The number of carbonyl (C=O) groups excluding carboxylic acids is 3. The minimum atomic E-state index is -0.698. The van der Waals surface area contributed by atoms with Crippen molar-refractivity contribution in [3.8, 4) is 11.5 Å². The topological polar surface area (TPSA) is 110 Å². The molecule has 2 fully saturated rings. The summed E-state index contributed by atoms with van der Waals surface area (Å²) < 4.78 is 28.0. The lowest BCUT2D eigenvalue weighted by Gasteiger charge is -2.59. The van der Waals surface area contributed by atoms with Crippen LogP contribution in [0.5, 0.6) is 11.5 Å². The van der Waals surface area contributed by atoms with Crippen LogP contribution in [0.25, 0.3) is 0 Å². The number of nitrogens with zero attached hydrogens (tertiary/aromatic N) is 1. The van der Waals surface area contributed by atoms with E-state index in [-0.39, 0.29) is 42.9 Å². The third-order valence-electron chi connectivity index (χ3n) is 9.89. The van der Waals surface area contributed by atoms with E-state index in [0.29, 0.717) is 29.1 Å². The quantitative estimate of drug-likeness (QED) is 0.185. The van der Waals surface area contributed by atoms with Gasteiger partial charge in [-0.25, -0.2) is 9.59 Å². The molecule has 0 unspecified atom stereocenters. The lowest BCUT2D eigenvalue weighted by atomic mass is 9.46. The van der Waals surface area contributed by atoms with Crippen LogP contribution < -0.4 is 9.47 Å². The second kappa shape index (κ2) is 13.3. The van der Waals surface area contributed by atoms with Gasteiger partial charge in [0.1, 0.15) is 19.3 Å². The molecule has 2 aliphatic carbocycles. The molecule has 1 aromatic heterocycles. The van der Waals surface area contributed by atoms with Crippen LogP contribution >= 0.6 is 0 Å². The number of cyclic esters (lactones) is 1. The van der Waals surface area contributed by atoms with Crippen LogP contribution in [-0.2, 0) is 30.2 Å². The standard InChI is InChI=1S/C36H41NO8/c1-23-8-13-30-35(2,27(23)11-10-25-15-18-43-33(25)39)16-14-31(45-34(40)26-7-6-17-37-21-26)36(30,3)22-44-32(38)20-24-9-12-28(41-4)29(19-24)42-5/h6-7,9-12,15,17,19,21,27,30-31H,1,8,13-14,16,18,20,22H2,2-5H3/b11-10+/t27-,30+,31-,35+,36+/m1/s1. The Balaban J connectivity index is 1.41. The van der Waals surface area contributed by atoms with E-state index in [1.165, 1.54) is 6.20 Å². The van der Waals surface area contributed by atoms with E-state index in [9.17, 15) is 14.4 Å². The Bertz CT molecular complexity index is 1510. The fraction of sp³-hybridized carbons (Fsp3) is 0.444. The van der Waals surface area contributed by atoms with Crippen molar-refractivity contribution in [2.45, 2.75) is 52.1 Å². The molecule has 0 amide bonds. The zero-order chi connectivity index (χ0) is 32.2. The first-order valence-corrected chi connectivity index (χ1v) is 15.3. The molecule has 2 saturated carbocycles. The van der Waals surface area contributed by atoms with E-state index in [1.807, 2.05) is 6.08 Å². The number of carbonyl (C=O) groups is 3. The van der Waals surface area contributed by atoms with E-state index in [1.54, 1.807) is 56.8 Å². The molecule has 0 N–H and O–H groups in total. The van der Waals surface area contributed by atoms with Gasteiger partial charge < -0.3 is 23.7 Å². The number of rotatable bonds is 10. The van der Waals surface area contributed by atoms with Crippen LogP contribution in [-0.4, -0.2) is 56.4 Å². The number of benzene rings is 1. The van der Waals surface area contributed by atoms with Gasteiger partial charge in [0.25, 0.3) is 0 Å². The number of aromatic nitrogens is 1. The molecule has 9 heteroatoms. The van der Waals surface area contributed by atoms with Crippen LogP contribution in [0, 0.1) is 22.7 Å². The molecule has 2 heterocycles. The summed E-state index contributed by atoms with van der Waals surface area (Å²) >= 11 is 0. The van der Waals surface area contributed by atoms with Gasteiger partial charge in [0.15, 0.2) is 11.5 Å². The third kappa shape index (κ3) is 6.53. The average molecular weight is 616 g/mol. The maximum atomic E-state index is 13.3. The van der Waals surface area contributed by atoms with E-state index < -0.39 is 23.5 Å². The van der Waals surface area contributed by atoms with Gasteiger partial charge in [0.05, 0.1) is 31.8 Å². The predicted octanol–water partition coefficient (Wildman–Crippen LogP) is 5.84. The minimum absolute atomic E-state index is 0.0176. The summed E-state index contributed by atoms with van der Waals surface area (Å²) in [5.41, 5.74) is 1.76. The van der Waals surface area contributed by atoms with Crippen LogP contribution in [0.15, 0.2) is 78.7 Å². The van der Waals surface area contributed by atoms with Gasteiger partial charge >= 0.3 is 17.9 Å². The molecule has 0 saturated heterocycles. The first-order valence-electron chi connectivity index (χ1n) is 15.3. The van der Waals surface area contributed by atoms with Crippen molar-refractivity contribution < 1.29 is 38.1 Å². The summed E-state index contributed by atoms with van der Waals surface area (Å²) in [5.74, 6) is -0.0777. The number of methoxy groups -OCH3 is 2. The number of pyridine rings is 1. The summed E-state index contributed by atoms with van der Waals surface area (Å²) in [6.07, 6.45) is 11.2. The van der Waals surface area contributed by atoms with Gasteiger partial charge in [0, 0.05) is 23.7 Å². The Morgan fingerprint density at radius 1 is 1.13 bits per heavy atom. The second-order valence-corrected chi connectivity index (χ2v) is 12.6. The Labute approximate surface area is 264 Å². The van der Waals surface area contributed by atoms with Crippen molar-refractivity contribution in [1.29, 1.82) is 0 Å². The van der Waals surface area contributed by atoms with Gasteiger partial charge in [-0.2, -0.15) is 0 Å². The van der Waals surface area contributed by atoms with Crippen LogP contribution in [0.1, 0.15) is 55.5 Å². The number of allylic oxidation sites excluding steroid dienone is 2. The molecule has 238 valence electrons. The highest BCUT2D eigenvalue weighted by Crippen LogP contribution is 2.62. The molecule has 0 radical (unpaired) electrons. The number of ether oxygens (including phenoxy) is 5. The Hall–Kier alpha value is -4.40. The molecule has 9 nitrogen and oxygen atoms in total. The van der Waals surface area contributed by atoms with E-state index in [0.717, 1.165) is 30.4 Å². The van der Waals surface area contributed by atoms with Crippen molar-refractivity contribution in [3.05, 3.63) is 89.8 Å². The van der Waals surface area contributed by atoms with E-state index in [4.69, 9.17) is 23.7 Å². The maximum absolute atomic E-state index is 13.3. The molecule has 1 aliphatic heterocycles. The zero-order valence-corrected chi connectivity index (χ0v) is 26.4. The summed E-state index contributed by atoms with van der Waals surface area (Å²) in [5, 5.41) is 0. The zero-order valence-electron chi connectivity index (χ0n) is 26.4. The summed E-state index contributed by atoms with van der Waals surface area (Å²) in [4.78, 5) is 42.7. The molecule has 1 aromatic carbocycles. The lowest BCUT2D eigenvalue weighted by molar-refractivity contribution is -0.172. The smallest absolute Gasteiger partial charge is 0.339 e. The summed E-state index contributed by atoms with van der Waals surface area (Å²) in [7, 11) is 3.11. The molecule has 2 aromatic rings. The SMILES string of the molecule is C=C1CC[C@@H]2[C@](C)(COC(=O)Cc3ccc(OC)c(OC)c3)[C@H](OC(=O)c3cccnc3)CC[C@@]2(C)[C@@H]1/C=C/C1=CCOC1=O. The largest absolute Gasteiger partial charge is 0.493 e. The second-order valence-electron chi connectivity index (χ2n) is 12.6. The Kier molecular flexibility index (Phi) is 9.46. The van der Waals surface area contributed by atoms with Crippen molar-refractivity contribution >= 4 is 17.9 Å². The number of hydrogen-bond donors (Lipinski definition) is 0. The van der Waals surface area contributed by atoms with Crippen molar-refractivity contribution in [3.63, 3.8) is 0 Å². The van der Waals surface area contributed by atoms with Crippen LogP contribution in [0.3, 0.4) is 0 Å². The maximum Gasteiger partial charge on any atom is 0.339 e. The molecule has 45 heavy (non-hydrogen) atoms. The number of fused-ring (bicyclic) bond motifs is 1. The van der Waals surface area contributed by atoms with Gasteiger partial charge in [-0.15, -0.1) is 0 Å². The van der Waals surface area contributed by atoms with Crippen molar-refractivity contribution in [1.82, 2.24) is 4.98 Å². The van der Waals surface area contributed by atoms with Crippen molar-refractivity contribution in [2.24, 2.45) is 22.7 Å². The van der Waals surface area contributed by atoms with E-state index in [2.05, 4.69) is 31.5 Å². The van der Waals surface area contributed by atoms with Gasteiger partial charge in [-0.1, -0.05) is 44.2 Å². The highest BCUT2D eigenvalue weighted by atomic mass is 16.6. The third-order valence-corrected chi connectivity index (χ3v) is 9.89. The fourth-order valence-corrected chi connectivity index (χ4v) is 7.48. The van der Waals surface area contributed by atoms with E-state index >= 15 is 0 Å². The first-order chi connectivity index (χ1) is 21.6. The molecule has 0 spiro atoms. The number of esters is 3. The summed E-state index contributed by atoms with van der Waals surface area (Å²) in [6.45, 7) is 9.07. The van der Waals surface area contributed by atoms with Crippen LogP contribution in [0.2, 0.25) is 0 Å². The average Bonchev–Trinajstić information content (AvgIpc) is 3.45. The van der Waals surface area contributed by atoms with Crippen molar-refractivity contribution in [2.75, 3.05) is 27.4 Å². The first kappa shape index (κ1) is 32.0. The minimum Gasteiger partial charge on any atom is -0.493 e. The monoisotopic (exact) mass is 615 g/mol. The highest BCUT2D eigenvalue weighted by Gasteiger charge is 2.59. The predicted molar refractivity (Wildman–Crippen MR) is 167 cm³/mol. The van der Waals surface area contributed by atoms with Gasteiger partial charge in [0.2, 0.25) is 0 Å². The van der Waals surface area contributed by atoms with Crippen LogP contribution in [0.4, 0.5) is 0 Å². The lowest BCUT2D eigenvalue weighted by Crippen LogP contribution is -2.58. The highest BCUT2D eigenvalue weighted by molar-refractivity contribution is 5.93. The summed E-state index contributed by atoms with van der Waals surface area (Å²) in [6, 6.07) is 8.70. The molecule has 0 bridgehead atoms. The molecular formula is C36H41NO8. The number of hydrogen-bond acceptors (Lipinski definition) is 9. The normalized spacial score (nSPS) is 27.7. The molecule has 3 aliphatic rings. The Morgan fingerprint density at radius 3 is 2.62 bits per heavy atom.